The number of hydrogen-bond acceptors (Lipinski definition) is 2. The highest BCUT2D eigenvalue weighted by Gasteiger charge is 2.68. The van der Waals surface area contributed by atoms with Crippen LogP contribution in [0.15, 0.2) is 18.2 Å². The Kier molecular flexibility index (Phi) is 3.18. The lowest BCUT2D eigenvalue weighted by molar-refractivity contribution is -0.126. The Bertz CT molecular complexity index is 668. The van der Waals surface area contributed by atoms with Crippen LogP contribution < -0.4 is 0 Å². The summed E-state index contributed by atoms with van der Waals surface area (Å²) in [4.78, 5) is 0. The normalized spacial score (nSPS) is 46.6. The monoisotopic (exact) mass is 326 g/mol. The molecule has 2 nitrogen and oxygen atoms in total. The van der Waals surface area contributed by atoms with Gasteiger partial charge in [-0.3, -0.25) is 0 Å². The fraction of sp³-hybridized carbons (Fsp3) is 0.727. The van der Waals surface area contributed by atoms with Crippen LogP contribution in [0.25, 0.3) is 0 Å². The number of phenols is 1. The Morgan fingerprint density at radius 3 is 2.83 bits per heavy atom. The van der Waals surface area contributed by atoms with Crippen LogP contribution in [0.4, 0.5) is 0 Å². The molecule has 0 amide bonds. The van der Waals surface area contributed by atoms with E-state index in [4.69, 9.17) is 0 Å². The van der Waals surface area contributed by atoms with E-state index in [1.807, 2.05) is 12.1 Å². The second-order valence-corrected chi connectivity index (χ2v) is 9.33. The van der Waals surface area contributed by atoms with Gasteiger partial charge in [-0.2, -0.15) is 0 Å². The SMILES string of the molecule is C[C@]12CC[C@@H]3c4ccc(O)cc4CC[C@H]3[C@]13CCCC[C@@H]3C[C@H]2O. The standard InChI is InChI=1S/C22H30O2/c1-21-11-9-18-17-7-6-16(23)12-14(17)5-8-19(18)22(21)10-3-2-4-15(22)13-20(21)24/h6-7,12,15,18-20,23-24H,2-5,8-11,13H2,1H3/t15-,18-,19-,20-,21-,22-/m1/s1. The van der Waals surface area contributed by atoms with Crippen molar-refractivity contribution in [1.29, 1.82) is 0 Å². The molecule has 1 spiro atoms. The van der Waals surface area contributed by atoms with Crippen molar-refractivity contribution in [2.24, 2.45) is 22.7 Å². The quantitative estimate of drug-likeness (QED) is 0.720. The molecule has 0 heterocycles. The topological polar surface area (TPSA) is 40.5 Å². The fourth-order valence-electron chi connectivity index (χ4n) is 7.83. The third-order valence-corrected chi connectivity index (χ3v) is 8.80. The first-order valence-corrected chi connectivity index (χ1v) is 10.1. The van der Waals surface area contributed by atoms with E-state index < -0.39 is 0 Å². The first kappa shape index (κ1) is 15.3. The lowest BCUT2D eigenvalue weighted by Crippen LogP contribution is -2.55. The Morgan fingerprint density at radius 2 is 1.96 bits per heavy atom. The van der Waals surface area contributed by atoms with Crippen molar-refractivity contribution in [3.63, 3.8) is 0 Å². The minimum Gasteiger partial charge on any atom is -0.508 e. The molecule has 130 valence electrons. The van der Waals surface area contributed by atoms with Crippen molar-refractivity contribution in [3.8, 4) is 5.75 Å². The maximum atomic E-state index is 11.0. The first-order chi connectivity index (χ1) is 11.6. The van der Waals surface area contributed by atoms with Crippen molar-refractivity contribution in [3.05, 3.63) is 29.3 Å². The van der Waals surface area contributed by atoms with E-state index in [0.29, 0.717) is 17.1 Å². The number of hydrogen-bond donors (Lipinski definition) is 2. The van der Waals surface area contributed by atoms with Crippen molar-refractivity contribution in [2.75, 3.05) is 0 Å². The number of rotatable bonds is 0. The molecular formula is C22H30O2. The molecule has 2 heteroatoms. The highest BCUT2D eigenvalue weighted by atomic mass is 16.3. The van der Waals surface area contributed by atoms with Gasteiger partial charge in [0.15, 0.2) is 0 Å². The van der Waals surface area contributed by atoms with Crippen LogP contribution in [0.1, 0.15) is 75.3 Å². The summed E-state index contributed by atoms with van der Waals surface area (Å²) >= 11 is 0. The molecule has 6 atom stereocenters. The third-order valence-electron chi connectivity index (χ3n) is 8.80. The van der Waals surface area contributed by atoms with Crippen molar-refractivity contribution < 1.29 is 10.2 Å². The average Bonchev–Trinajstić information content (AvgIpc) is 2.82. The Labute approximate surface area is 145 Å². The van der Waals surface area contributed by atoms with E-state index in [1.54, 1.807) is 0 Å². The molecule has 3 saturated carbocycles. The summed E-state index contributed by atoms with van der Waals surface area (Å²) in [6.45, 7) is 2.42. The van der Waals surface area contributed by atoms with E-state index >= 15 is 0 Å². The molecule has 4 aliphatic rings. The lowest BCUT2D eigenvalue weighted by atomic mass is 9.43. The van der Waals surface area contributed by atoms with E-state index in [-0.39, 0.29) is 11.5 Å². The molecule has 0 saturated heterocycles. The summed E-state index contributed by atoms with van der Waals surface area (Å²) in [6, 6.07) is 6.08. The Morgan fingerprint density at radius 1 is 1.08 bits per heavy atom. The minimum atomic E-state index is -0.0947. The third kappa shape index (κ3) is 1.71. The molecule has 1 aromatic rings. The van der Waals surface area contributed by atoms with Gasteiger partial charge in [0.1, 0.15) is 5.75 Å². The van der Waals surface area contributed by atoms with Gasteiger partial charge in [-0.05, 0) is 96.8 Å². The van der Waals surface area contributed by atoms with Gasteiger partial charge in [0.25, 0.3) is 0 Å². The van der Waals surface area contributed by atoms with Crippen LogP contribution in [0.2, 0.25) is 0 Å². The van der Waals surface area contributed by atoms with Gasteiger partial charge in [-0.1, -0.05) is 25.8 Å². The van der Waals surface area contributed by atoms with E-state index in [0.717, 1.165) is 24.7 Å². The molecule has 0 aliphatic heterocycles. The zero-order chi connectivity index (χ0) is 16.5. The van der Waals surface area contributed by atoms with E-state index in [9.17, 15) is 10.2 Å². The molecule has 1 aromatic carbocycles. The summed E-state index contributed by atoms with van der Waals surface area (Å²) in [5.41, 5.74) is 3.38. The molecule has 24 heavy (non-hydrogen) atoms. The molecule has 0 aromatic heterocycles. The van der Waals surface area contributed by atoms with Crippen LogP contribution >= 0.6 is 0 Å². The number of aromatic hydroxyl groups is 1. The van der Waals surface area contributed by atoms with Crippen LogP contribution in [0.3, 0.4) is 0 Å². The number of fused-ring (bicyclic) bond motifs is 3. The average molecular weight is 326 g/mol. The summed E-state index contributed by atoms with van der Waals surface area (Å²) in [6.07, 6.45) is 11.1. The Hall–Kier alpha value is -1.02. The van der Waals surface area contributed by atoms with Crippen LogP contribution in [-0.4, -0.2) is 16.3 Å². The van der Waals surface area contributed by atoms with Crippen LogP contribution in [-0.2, 0) is 6.42 Å². The number of aliphatic hydroxyl groups is 1. The van der Waals surface area contributed by atoms with Gasteiger partial charge in [0.2, 0.25) is 0 Å². The summed E-state index contributed by atoms with van der Waals surface area (Å²) < 4.78 is 0. The second kappa shape index (κ2) is 5.00. The number of aryl methyl sites for hydroxylation is 1. The summed E-state index contributed by atoms with van der Waals surface area (Å²) in [7, 11) is 0. The van der Waals surface area contributed by atoms with Gasteiger partial charge in [0, 0.05) is 0 Å². The first-order valence-electron chi connectivity index (χ1n) is 10.1. The highest BCUT2D eigenvalue weighted by Crippen LogP contribution is 2.73. The summed E-state index contributed by atoms with van der Waals surface area (Å²) in [5.74, 6) is 2.53. The Balaban J connectivity index is 1.63. The molecule has 0 unspecified atom stereocenters. The number of phenolic OH excluding ortho intramolecular Hbond substituents is 1. The summed E-state index contributed by atoms with van der Waals surface area (Å²) in [5, 5.41) is 20.9. The zero-order valence-corrected chi connectivity index (χ0v) is 14.8. The molecule has 2 N–H and O–H groups in total. The van der Waals surface area contributed by atoms with Crippen LogP contribution in [0.5, 0.6) is 5.75 Å². The predicted octanol–water partition coefficient (Wildman–Crippen LogP) is 4.78. The van der Waals surface area contributed by atoms with Crippen molar-refractivity contribution in [2.45, 2.75) is 76.7 Å². The minimum absolute atomic E-state index is 0.0947. The molecular weight excluding hydrogens is 296 g/mol. The maximum Gasteiger partial charge on any atom is 0.115 e. The lowest BCUT2D eigenvalue weighted by Gasteiger charge is -2.61. The smallest absolute Gasteiger partial charge is 0.115 e. The molecule has 0 radical (unpaired) electrons. The zero-order valence-electron chi connectivity index (χ0n) is 14.8. The van der Waals surface area contributed by atoms with E-state index in [1.165, 1.54) is 56.1 Å². The molecule has 4 aliphatic carbocycles. The predicted molar refractivity (Wildman–Crippen MR) is 95.0 cm³/mol. The van der Waals surface area contributed by atoms with Gasteiger partial charge in [-0.25, -0.2) is 0 Å². The number of aliphatic hydroxyl groups excluding tert-OH is 1. The van der Waals surface area contributed by atoms with Gasteiger partial charge >= 0.3 is 0 Å². The molecule has 5 rings (SSSR count). The fourth-order valence-corrected chi connectivity index (χ4v) is 7.83. The maximum absolute atomic E-state index is 11.0. The largest absolute Gasteiger partial charge is 0.508 e. The van der Waals surface area contributed by atoms with Gasteiger partial charge < -0.3 is 10.2 Å². The van der Waals surface area contributed by atoms with Gasteiger partial charge in [0.05, 0.1) is 6.10 Å². The second-order valence-electron chi connectivity index (χ2n) is 9.33. The van der Waals surface area contributed by atoms with Gasteiger partial charge in [-0.15, -0.1) is 0 Å². The highest BCUT2D eigenvalue weighted by molar-refractivity contribution is 5.41. The van der Waals surface area contributed by atoms with Crippen molar-refractivity contribution in [1.82, 2.24) is 0 Å². The number of benzene rings is 1. The molecule has 3 fully saturated rings. The molecule has 0 bridgehead atoms. The van der Waals surface area contributed by atoms with E-state index in [2.05, 4.69) is 13.0 Å². The van der Waals surface area contributed by atoms with Crippen molar-refractivity contribution >= 4 is 0 Å². The van der Waals surface area contributed by atoms with Crippen LogP contribution in [0, 0.1) is 22.7 Å².